The molecule has 0 saturated carbocycles. The quantitative estimate of drug-likeness (QED) is 0.774. The Bertz CT molecular complexity index is 735. The highest BCUT2D eigenvalue weighted by Crippen LogP contribution is 2.32. The fourth-order valence-corrected chi connectivity index (χ4v) is 4.09. The predicted molar refractivity (Wildman–Crippen MR) is 84.7 cm³/mol. The maximum atomic E-state index is 9.68. The van der Waals surface area contributed by atoms with Gasteiger partial charge in [0.2, 0.25) is 0 Å². The minimum atomic E-state index is -0.132. The minimum Gasteiger partial charge on any atom is -0.394 e. The van der Waals surface area contributed by atoms with Gasteiger partial charge in [-0.05, 0) is 41.8 Å². The first-order valence-corrected chi connectivity index (χ1v) is 8.07. The summed E-state index contributed by atoms with van der Waals surface area (Å²) in [6.45, 7) is 4.15. The standard InChI is InChI=1S/C14H15N3OS2/c1-8-3-4-19-12(8)10(5-18)17-13-11-9(2)6-20-14(11)16-7-15-13/h3-4,6-7,10,18H,5H2,1-2H3,(H,15,16,17). The molecule has 104 valence electrons. The number of rotatable bonds is 4. The van der Waals surface area contributed by atoms with Crippen molar-refractivity contribution in [1.82, 2.24) is 9.97 Å². The summed E-state index contributed by atoms with van der Waals surface area (Å²) < 4.78 is 0. The van der Waals surface area contributed by atoms with Gasteiger partial charge in [-0.25, -0.2) is 9.97 Å². The zero-order valence-corrected chi connectivity index (χ0v) is 12.9. The lowest BCUT2D eigenvalue weighted by Gasteiger charge is -2.17. The van der Waals surface area contributed by atoms with Crippen molar-refractivity contribution >= 4 is 38.7 Å². The number of fused-ring (bicyclic) bond motifs is 1. The Morgan fingerprint density at radius 3 is 2.80 bits per heavy atom. The summed E-state index contributed by atoms with van der Waals surface area (Å²) >= 11 is 3.26. The number of aromatic nitrogens is 2. The van der Waals surface area contributed by atoms with Crippen LogP contribution in [-0.2, 0) is 0 Å². The van der Waals surface area contributed by atoms with Crippen molar-refractivity contribution in [1.29, 1.82) is 0 Å². The average molecular weight is 305 g/mol. The van der Waals surface area contributed by atoms with E-state index < -0.39 is 0 Å². The van der Waals surface area contributed by atoms with Crippen molar-refractivity contribution in [3.05, 3.63) is 39.2 Å². The van der Waals surface area contributed by atoms with E-state index in [0.29, 0.717) is 0 Å². The molecule has 20 heavy (non-hydrogen) atoms. The molecule has 0 amide bonds. The SMILES string of the molecule is Cc1ccsc1C(CO)Nc1ncnc2scc(C)c12. The molecule has 1 atom stereocenters. The lowest BCUT2D eigenvalue weighted by Crippen LogP contribution is -2.15. The van der Waals surface area contributed by atoms with Gasteiger partial charge in [-0.2, -0.15) is 0 Å². The minimum absolute atomic E-state index is 0.0377. The van der Waals surface area contributed by atoms with Crippen molar-refractivity contribution in [3.8, 4) is 0 Å². The van der Waals surface area contributed by atoms with Crippen LogP contribution in [0.25, 0.3) is 10.2 Å². The van der Waals surface area contributed by atoms with Crippen molar-refractivity contribution in [2.45, 2.75) is 19.9 Å². The summed E-state index contributed by atoms with van der Waals surface area (Å²) in [5.41, 5.74) is 2.35. The first-order chi connectivity index (χ1) is 9.70. The lowest BCUT2D eigenvalue weighted by atomic mass is 10.1. The van der Waals surface area contributed by atoms with Gasteiger partial charge in [0.15, 0.2) is 0 Å². The summed E-state index contributed by atoms with van der Waals surface area (Å²) in [6, 6.07) is 1.93. The number of anilines is 1. The van der Waals surface area contributed by atoms with E-state index in [1.165, 1.54) is 5.56 Å². The second-order valence-electron chi connectivity index (χ2n) is 4.67. The molecule has 3 rings (SSSR count). The highest BCUT2D eigenvalue weighted by Gasteiger charge is 2.17. The number of nitrogens with zero attached hydrogens (tertiary/aromatic N) is 2. The molecule has 0 fully saturated rings. The van der Waals surface area contributed by atoms with Crippen LogP contribution in [0.15, 0.2) is 23.2 Å². The van der Waals surface area contributed by atoms with Gasteiger partial charge in [-0.1, -0.05) is 0 Å². The molecule has 0 aliphatic heterocycles. The van der Waals surface area contributed by atoms with Crippen LogP contribution < -0.4 is 5.32 Å². The molecule has 0 aliphatic carbocycles. The molecule has 1 unspecified atom stereocenters. The average Bonchev–Trinajstić information content (AvgIpc) is 3.03. The Morgan fingerprint density at radius 2 is 2.10 bits per heavy atom. The molecular formula is C14H15N3OS2. The van der Waals surface area contributed by atoms with Gasteiger partial charge in [0.25, 0.3) is 0 Å². The summed E-state index contributed by atoms with van der Waals surface area (Å²) in [7, 11) is 0. The van der Waals surface area contributed by atoms with E-state index in [-0.39, 0.29) is 12.6 Å². The van der Waals surface area contributed by atoms with Gasteiger partial charge in [0.1, 0.15) is 17.0 Å². The van der Waals surface area contributed by atoms with E-state index >= 15 is 0 Å². The number of aryl methyl sites for hydroxylation is 2. The van der Waals surface area contributed by atoms with E-state index in [1.54, 1.807) is 29.0 Å². The first-order valence-electron chi connectivity index (χ1n) is 6.31. The van der Waals surface area contributed by atoms with Gasteiger partial charge in [-0.15, -0.1) is 22.7 Å². The highest BCUT2D eigenvalue weighted by atomic mass is 32.1. The second-order valence-corrected chi connectivity index (χ2v) is 6.47. The Hall–Kier alpha value is -1.50. The number of nitrogens with one attached hydrogen (secondary N) is 1. The number of hydrogen-bond donors (Lipinski definition) is 2. The highest BCUT2D eigenvalue weighted by molar-refractivity contribution is 7.17. The van der Waals surface area contributed by atoms with Gasteiger partial charge in [0, 0.05) is 4.88 Å². The fraction of sp³-hybridized carbons (Fsp3) is 0.286. The molecular weight excluding hydrogens is 290 g/mol. The molecule has 0 bridgehead atoms. The summed E-state index contributed by atoms with van der Waals surface area (Å²) in [4.78, 5) is 10.7. The van der Waals surface area contributed by atoms with E-state index in [0.717, 1.165) is 26.5 Å². The van der Waals surface area contributed by atoms with Crippen molar-refractivity contribution in [2.75, 3.05) is 11.9 Å². The topological polar surface area (TPSA) is 58.0 Å². The number of aliphatic hydroxyl groups excluding tert-OH is 1. The Balaban J connectivity index is 2.00. The predicted octanol–water partition coefficient (Wildman–Crippen LogP) is 3.52. The third-order valence-corrected chi connectivity index (χ3v) is 5.40. The number of aliphatic hydroxyl groups is 1. The Labute approximate surface area is 125 Å². The van der Waals surface area contributed by atoms with Crippen LogP contribution in [0.5, 0.6) is 0 Å². The first kappa shape index (κ1) is 13.5. The molecule has 6 heteroatoms. The van der Waals surface area contributed by atoms with Gasteiger partial charge in [-0.3, -0.25) is 0 Å². The van der Waals surface area contributed by atoms with Gasteiger partial charge in [0.05, 0.1) is 18.0 Å². The van der Waals surface area contributed by atoms with Crippen LogP contribution >= 0.6 is 22.7 Å². The maximum Gasteiger partial charge on any atom is 0.139 e. The monoisotopic (exact) mass is 305 g/mol. The molecule has 3 heterocycles. The van der Waals surface area contributed by atoms with Crippen molar-refractivity contribution < 1.29 is 5.11 Å². The second kappa shape index (κ2) is 5.47. The van der Waals surface area contributed by atoms with Crippen LogP contribution in [0.4, 0.5) is 5.82 Å². The largest absolute Gasteiger partial charge is 0.394 e. The molecule has 0 radical (unpaired) electrons. The van der Waals surface area contributed by atoms with Crippen molar-refractivity contribution in [3.63, 3.8) is 0 Å². The van der Waals surface area contributed by atoms with Crippen LogP contribution in [0.1, 0.15) is 22.0 Å². The molecule has 4 nitrogen and oxygen atoms in total. The van der Waals surface area contributed by atoms with Crippen LogP contribution in [0, 0.1) is 13.8 Å². The summed E-state index contributed by atoms with van der Waals surface area (Å²) in [5.74, 6) is 0.792. The van der Waals surface area contributed by atoms with Crippen LogP contribution in [-0.4, -0.2) is 21.7 Å². The van der Waals surface area contributed by atoms with E-state index in [4.69, 9.17) is 0 Å². The zero-order valence-electron chi connectivity index (χ0n) is 11.3. The Morgan fingerprint density at radius 1 is 1.25 bits per heavy atom. The summed E-state index contributed by atoms with van der Waals surface area (Å²) in [5, 5.41) is 18.2. The molecule has 0 aromatic carbocycles. The smallest absolute Gasteiger partial charge is 0.139 e. The number of hydrogen-bond acceptors (Lipinski definition) is 6. The van der Waals surface area contributed by atoms with Crippen LogP contribution in [0.3, 0.4) is 0 Å². The summed E-state index contributed by atoms with van der Waals surface area (Å²) in [6.07, 6.45) is 1.57. The van der Waals surface area contributed by atoms with E-state index in [2.05, 4.69) is 40.6 Å². The van der Waals surface area contributed by atoms with Gasteiger partial charge < -0.3 is 10.4 Å². The van der Waals surface area contributed by atoms with Gasteiger partial charge >= 0.3 is 0 Å². The normalized spacial score (nSPS) is 12.8. The maximum absolute atomic E-state index is 9.68. The fourth-order valence-electron chi connectivity index (χ4n) is 2.23. The number of thiophene rings is 2. The third-order valence-electron chi connectivity index (χ3n) is 3.27. The van der Waals surface area contributed by atoms with Crippen LogP contribution in [0.2, 0.25) is 0 Å². The third kappa shape index (κ3) is 2.30. The molecule has 0 saturated heterocycles. The molecule has 0 aliphatic rings. The molecule has 3 aromatic heterocycles. The Kier molecular flexibility index (Phi) is 3.69. The van der Waals surface area contributed by atoms with E-state index in [1.807, 2.05) is 5.38 Å². The molecule has 0 spiro atoms. The zero-order chi connectivity index (χ0) is 14.1. The molecule has 2 N–H and O–H groups in total. The lowest BCUT2D eigenvalue weighted by molar-refractivity contribution is 0.277. The molecule has 3 aromatic rings. The van der Waals surface area contributed by atoms with Crippen molar-refractivity contribution in [2.24, 2.45) is 0 Å². The van der Waals surface area contributed by atoms with E-state index in [9.17, 15) is 5.11 Å².